The number of hydrogen-bond acceptors (Lipinski definition) is 4. The number of nitrogens with zero attached hydrogens (tertiary/aromatic N) is 1. The van der Waals surface area contributed by atoms with Gasteiger partial charge in [-0.2, -0.15) is 5.26 Å². The summed E-state index contributed by atoms with van der Waals surface area (Å²) in [5.74, 6) is -0.374. The zero-order chi connectivity index (χ0) is 20.8. The van der Waals surface area contributed by atoms with Crippen LogP contribution in [0.1, 0.15) is 31.8 Å². The van der Waals surface area contributed by atoms with E-state index in [2.05, 4.69) is 5.32 Å². The highest BCUT2D eigenvalue weighted by atomic mass is 19.1. The molecule has 0 aromatic heterocycles. The average Bonchev–Trinajstić information content (AvgIpc) is 2.77. The molecule has 0 saturated carbocycles. The summed E-state index contributed by atoms with van der Waals surface area (Å²) in [6, 6.07) is 17.6. The van der Waals surface area contributed by atoms with Gasteiger partial charge in [-0.05, 0) is 54.1 Å². The Morgan fingerprint density at radius 3 is 2.69 bits per heavy atom. The normalized spacial score (nSPS) is 10.1. The van der Waals surface area contributed by atoms with Gasteiger partial charge in [0.05, 0.1) is 18.7 Å². The first-order valence-corrected chi connectivity index (χ1v) is 8.76. The second-order valence-electron chi connectivity index (χ2n) is 6.27. The molecule has 3 aromatic rings. The number of carbonyl (C=O) groups is 2. The van der Waals surface area contributed by atoms with Crippen molar-refractivity contribution < 1.29 is 18.7 Å². The Balaban J connectivity index is 1.85. The van der Waals surface area contributed by atoms with Gasteiger partial charge < -0.3 is 10.1 Å². The highest BCUT2D eigenvalue weighted by Gasteiger charge is 2.13. The molecule has 0 unspecified atom stereocenters. The maximum Gasteiger partial charge on any atom is 0.251 e. The Bertz CT molecular complexity index is 1120. The highest BCUT2D eigenvalue weighted by Crippen LogP contribution is 2.33. The summed E-state index contributed by atoms with van der Waals surface area (Å²) < 4.78 is 19.8. The molecule has 29 heavy (non-hydrogen) atoms. The molecule has 3 aromatic carbocycles. The van der Waals surface area contributed by atoms with E-state index < -0.39 is 5.82 Å². The van der Waals surface area contributed by atoms with Gasteiger partial charge in [-0.3, -0.25) is 9.59 Å². The Morgan fingerprint density at radius 2 is 1.97 bits per heavy atom. The third kappa shape index (κ3) is 4.47. The number of amides is 1. The van der Waals surface area contributed by atoms with E-state index in [9.17, 15) is 14.0 Å². The number of benzene rings is 3. The lowest BCUT2D eigenvalue weighted by atomic mass is 9.99. The number of ether oxygens (including phenoxy) is 1. The second kappa shape index (κ2) is 8.81. The van der Waals surface area contributed by atoms with Crippen LogP contribution in [0.2, 0.25) is 0 Å². The molecule has 0 spiro atoms. The summed E-state index contributed by atoms with van der Waals surface area (Å²) >= 11 is 0. The van der Waals surface area contributed by atoms with Crippen LogP contribution in [0.15, 0.2) is 60.7 Å². The van der Waals surface area contributed by atoms with E-state index in [0.717, 1.165) is 0 Å². The molecular formula is C23H17FN2O3. The number of rotatable bonds is 6. The first-order chi connectivity index (χ1) is 14.0. The fourth-order valence-electron chi connectivity index (χ4n) is 2.91. The molecule has 0 bridgehead atoms. The van der Waals surface area contributed by atoms with Gasteiger partial charge in [-0.15, -0.1) is 0 Å². The maximum absolute atomic E-state index is 14.5. The van der Waals surface area contributed by atoms with Crippen LogP contribution in [0, 0.1) is 17.1 Å². The van der Waals surface area contributed by atoms with Crippen molar-refractivity contribution in [3.63, 3.8) is 0 Å². The molecule has 0 atom stereocenters. The molecule has 0 fully saturated rings. The molecule has 5 nitrogen and oxygen atoms in total. The van der Waals surface area contributed by atoms with Crippen LogP contribution >= 0.6 is 0 Å². The smallest absolute Gasteiger partial charge is 0.251 e. The van der Waals surface area contributed by atoms with Gasteiger partial charge in [0.25, 0.3) is 5.91 Å². The molecule has 1 amide bonds. The molecule has 0 aliphatic carbocycles. The van der Waals surface area contributed by atoms with Crippen molar-refractivity contribution >= 4 is 12.2 Å². The molecule has 0 radical (unpaired) electrons. The number of carbonyl (C=O) groups excluding carboxylic acids is 2. The molecule has 144 valence electrons. The van der Waals surface area contributed by atoms with E-state index in [1.807, 2.05) is 6.07 Å². The third-order valence-corrected chi connectivity index (χ3v) is 4.39. The standard InChI is InChI=1S/C23H17FN2O3/c1-29-22-8-6-17(14-27)11-20(22)19-10-16(5-7-21(19)24)13-26-23(28)18-4-2-3-15(9-18)12-25/h2-11,14H,13H2,1H3,(H,26,28). The lowest BCUT2D eigenvalue weighted by Crippen LogP contribution is -2.22. The van der Waals surface area contributed by atoms with Crippen molar-refractivity contribution in [1.29, 1.82) is 5.26 Å². The summed E-state index contributed by atoms with van der Waals surface area (Å²) in [5, 5.41) is 11.7. The van der Waals surface area contributed by atoms with Crippen LogP contribution in [0.25, 0.3) is 11.1 Å². The van der Waals surface area contributed by atoms with Crippen LogP contribution in [-0.2, 0) is 6.54 Å². The van der Waals surface area contributed by atoms with Crippen molar-refractivity contribution in [2.24, 2.45) is 0 Å². The zero-order valence-electron chi connectivity index (χ0n) is 15.6. The zero-order valence-corrected chi connectivity index (χ0v) is 15.6. The fraction of sp³-hybridized carbons (Fsp3) is 0.0870. The quantitative estimate of drug-likeness (QED) is 0.645. The predicted molar refractivity (Wildman–Crippen MR) is 106 cm³/mol. The number of nitriles is 1. The van der Waals surface area contributed by atoms with Gasteiger partial charge in [0.2, 0.25) is 0 Å². The van der Waals surface area contributed by atoms with E-state index in [0.29, 0.717) is 39.9 Å². The SMILES string of the molecule is COc1ccc(C=O)cc1-c1cc(CNC(=O)c2cccc(C#N)c2)ccc1F. The largest absolute Gasteiger partial charge is 0.496 e. The Morgan fingerprint density at radius 1 is 1.14 bits per heavy atom. The second-order valence-corrected chi connectivity index (χ2v) is 6.27. The molecule has 1 N–H and O–H groups in total. The highest BCUT2D eigenvalue weighted by molar-refractivity contribution is 5.94. The number of hydrogen-bond donors (Lipinski definition) is 1. The molecule has 0 saturated heterocycles. The molecule has 0 heterocycles. The van der Waals surface area contributed by atoms with E-state index in [1.54, 1.807) is 48.5 Å². The van der Waals surface area contributed by atoms with Crippen LogP contribution < -0.4 is 10.1 Å². The Kier molecular flexibility index (Phi) is 6.00. The minimum absolute atomic E-state index is 0.165. The minimum atomic E-state index is -0.469. The van der Waals surface area contributed by atoms with Crippen molar-refractivity contribution in [3.8, 4) is 22.9 Å². The van der Waals surface area contributed by atoms with E-state index >= 15 is 0 Å². The summed E-state index contributed by atoms with van der Waals surface area (Å²) in [5.41, 5.74) is 2.55. The van der Waals surface area contributed by atoms with Crippen molar-refractivity contribution in [2.45, 2.75) is 6.54 Å². The van der Waals surface area contributed by atoms with E-state index in [4.69, 9.17) is 10.00 Å². The van der Waals surface area contributed by atoms with Gasteiger partial charge in [-0.1, -0.05) is 12.1 Å². The van der Waals surface area contributed by atoms with Crippen LogP contribution in [0.3, 0.4) is 0 Å². The average molecular weight is 388 g/mol. The van der Waals surface area contributed by atoms with Gasteiger partial charge in [0.15, 0.2) is 0 Å². The van der Waals surface area contributed by atoms with Crippen LogP contribution in [0.4, 0.5) is 4.39 Å². The van der Waals surface area contributed by atoms with Gasteiger partial charge in [0, 0.05) is 28.8 Å². The van der Waals surface area contributed by atoms with Crippen molar-refractivity contribution in [2.75, 3.05) is 7.11 Å². The first-order valence-electron chi connectivity index (χ1n) is 8.76. The van der Waals surface area contributed by atoms with Gasteiger partial charge >= 0.3 is 0 Å². The van der Waals surface area contributed by atoms with E-state index in [1.165, 1.54) is 19.2 Å². The molecule has 3 rings (SSSR count). The number of aldehydes is 1. The number of halogens is 1. The van der Waals surface area contributed by atoms with Crippen LogP contribution in [0.5, 0.6) is 5.75 Å². The summed E-state index contributed by atoms with van der Waals surface area (Å²) in [4.78, 5) is 23.4. The number of methoxy groups -OCH3 is 1. The lowest BCUT2D eigenvalue weighted by molar-refractivity contribution is 0.0950. The van der Waals surface area contributed by atoms with Crippen LogP contribution in [-0.4, -0.2) is 19.3 Å². The number of nitrogens with one attached hydrogen (secondary N) is 1. The van der Waals surface area contributed by atoms with Crippen molar-refractivity contribution in [3.05, 3.63) is 88.7 Å². The monoisotopic (exact) mass is 388 g/mol. The van der Waals surface area contributed by atoms with Gasteiger partial charge in [0.1, 0.15) is 17.9 Å². The van der Waals surface area contributed by atoms with Crippen molar-refractivity contribution in [1.82, 2.24) is 5.32 Å². The fourth-order valence-corrected chi connectivity index (χ4v) is 2.91. The molecular weight excluding hydrogens is 371 g/mol. The molecule has 0 aliphatic rings. The summed E-state index contributed by atoms with van der Waals surface area (Å²) in [6.45, 7) is 0.165. The lowest BCUT2D eigenvalue weighted by Gasteiger charge is -2.12. The topological polar surface area (TPSA) is 79.2 Å². The first kappa shape index (κ1) is 19.8. The third-order valence-electron chi connectivity index (χ3n) is 4.39. The Hall–Kier alpha value is -3.98. The minimum Gasteiger partial charge on any atom is -0.496 e. The summed E-state index contributed by atoms with van der Waals surface area (Å²) in [6.07, 6.45) is 0.681. The molecule has 6 heteroatoms. The Labute approximate surface area is 167 Å². The maximum atomic E-state index is 14.5. The predicted octanol–water partition coefficient (Wildman–Crippen LogP) is 4.12. The summed E-state index contributed by atoms with van der Waals surface area (Å²) in [7, 11) is 1.47. The van der Waals surface area contributed by atoms with E-state index in [-0.39, 0.29) is 18.0 Å². The molecule has 0 aliphatic heterocycles. The van der Waals surface area contributed by atoms with Gasteiger partial charge in [-0.25, -0.2) is 4.39 Å².